The largest absolute Gasteiger partial charge is 0.339 e. The van der Waals surface area contributed by atoms with E-state index in [1.165, 1.54) is 12.3 Å². The molecule has 0 fully saturated rings. The molecule has 4 heteroatoms. The van der Waals surface area contributed by atoms with Gasteiger partial charge in [-0.2, -0.15) is 0 Å². The van der Waals surface area contributed by atoms with Gasteiger partial charge in [-0.05, 0) is 19.9 Å². The molecule has 1 aromatic rings. The molecule has 0 bridgehead atoms. The normalized spacial score (nSPS) is 9.86. The summed E-state index contributed by atoms with van der Waals surface area (Å²) >= 11 is 0. The second kappa shape index (κ2) is 4.60. The molecule has 0 aliphatic rings. The molecule has 0 saturated carbocycles. The molecule has 0 radical (unpaired) electrons. The Balaban J connectivity index is 2.94. The van der Waals surface area contributed by atoms with E-state index in [4.69, 9.17) is 0 Å². The van der Waals surface area contributed by atoms with Crippen molar-refractivity contribution >= 4 is 5.91 Å². The fourth-order valence-corrected chi connectivity index (χ4v) is 1.27. The lowest BCUT2D eigenvalue weighted by Crippen LogP contribution is -2.31. The Labute approximate surface area is 82.6 Å². The van der Waals surface area contributed by atoms with E-state index in [9.17, 15) is 9.59 Å². The van der Waals surface area contributed by atoms with E-state index >= 15 is 0 Å². The van der Waals surface area contributed by atoms with Crippen molar-refractivity contribution in [2.24, 2.45) is 0 Å². The summed E-state index contributed by atoms with van der Waals surface area (Å²) in [7, 11) is 0. The molecule has 0 atom stereocenters. The van der Waals surface area contributed by atoms with Crippen molar-refractivity contribution in [3.63, 3.8) is 0 Å². The summed E-state index contributed by atoms with van der Waals surface area (Å²) in [4.78, 5) is 26.9. The number of carbonyl (C=O) groups is 1. The molecule has 0 aliphatic carbocycles. The second-order valence-electron chi connectivity index (χ2n) is 2.92. The van der Waals surface area contributed by atoms with Crippen molar-refractivity contribution in [2.45, 2.75) is 13.8 Å². The zero-order chi connectivity index (χ0) is 10.6. The van der Waals surface area contributed by atoms with Gasteiger partial charge in [0.2, 0.25) is 5.56 Å². The zero-order valence-electron chi connectivity index (χ0n) is 8.41. The molecule has 1 N–H and O–H groups in total. The van der Waals surface area contributed by atoms with Crippen LogP contribution in [0, 0.1) is 0 Å². The first kappa shape index (κ1) is 10.5. The summed E-state index contributed by atoms with van der Waals surface area (Å²) < 4.78 is 0. The first-order valence-electron chi connectivity index (χ1n) is 4.67. The first-order chi connectivity index (χ1) is 6.69. The molecule has 4 nitrogen and oxygen atoms in total. The van der Waals surface area contributed by atoms with Crippen molar-refractivity contribution in [1.82, 2.24) is 9.88 Å². The van der Waals surface area contributed by atoms with Crippen LogP contribution in [0.1, 0.15) is 24.2 Å². The maximum absolute atomic E-state index is 11.7. The van der Waals surface area contributed by atoms with E-state index in [-0.39, 0.29) is 11.5 Å². The van der Waals surface area contributed by atoms with Gasteiger partial charge in [-0.25, -0.2) is 0 Å². The van der Waals surface area contributed by atoms with Gasteiger partial charge in [-0.15, -0.1) is 0 Å². The van der Waals surface area contributed by atoms with Crippen molar-refractivity contribution in [3.05, 3.63) is 34.2 Å². The standard InChI is InChI=1S/C10H14N2O2/c1-3-12(4-2)10(14)8-5-6-11-9(13)7-8/h5-7H,3-4H2,1-2H3,(H,11,13). The Kier molecular flexibility index (Phi) is 3.45. The summed E-state index contributed by atoms with van der Waals surface area (Å²) in [5.41, 5.74) is 0.195. The van der Waals surface area contributed by atoms with E-state index in [0.29, 0.717) is 18.7 Å². The third-order valence-electron chi connectivity index (χ3n) is 2.07. The predicted octanol–water partition coefficient (Wildman–Crippen LogP) is 0.857. The van der Waals surface area contributed by atoms with E-state index < -0.39 is 0 Å². The number of pyridine rings is 1. The monoisotopic (exact) mass is 194 g/mol. The van der Waals surface area contributed by atoms with Crippen LogP contribution < -0.4 is 5.56 Å². The van der Waals surface area contributed by atoms with Gasteiger partial charge in [0.25, 0.3) is 5.91 Å². The lowest BCUT2D eigenvalue weighted by Gasteiger charge is -2.18. The summed E-state index contributed by atoms with van der Waals surface area (Å²) in [5, 5.41) is 0. The molecule has 1 rings (SSSR count). The molecule has 0 unspecified atom stereocenters. The van der Waals surface area contributed by atoms with Crippen LogP contribution in [0.2, 0.25) is 0 Å². The van der Waals surface area contributed by atoms with Crippen molar-refractivity contribution < 1.29 is 4.79 Å². The van der Waals surface area contributed by atoms with E-state index in [1.54, 1.807) is 11.0 Å². The van der Waals surface area contributed by atoms with Gasteiger partial charge < -0.3 is 9.88 Å². The Morgan fingerprint density at radius 2 is 2.07 bits per heavy atom. The highest BCUT2D eigenvalue weighted by molar-refractivity contribution is 5.93. The van der Waals surface area contributed by atoms with E-state index in [1.807, 2.05) is 13.8 Å². The zero-order valence-corrected chi connectivity index (χ0v) is 8.41. The van der Waals surface area contributed by atoms with Crippen LogP contribution in [-0.2, 0) is 0 Å². The van der Waals surface area contributed by atoms with E-state index in [0.717, 1.165) is 0 Å². The number of hydrogen-bond acceptors (Lipinski definition) is 2. The molecule has 1 amide bonds. The molecule has 76 valence electrons. The number of aromatic nitrogens is 1. The minimum Gasteiger partial charge on any atom is -0.339 e. The minimum absolute atomic E-state index is 0.0962. The molecule has 0 aromatic carbocycles. The Morgan fingerprint density at radius 1 is 1.43 bits per heavy atom. The Hall–Kier alpha value is -1.58. The van der Waals surface area contributed by atoms with Crippen LogP contribution in [0.25, 0.3) is 0 Å². The van der Waals surface area contributed by atoms with Crippen LogP contribution in [0.4, 0.5) is 0 Å². The van der Waals surface area contributed by atoms with Crippen molar-refractivity contribution in [1.29, 1.82) is 0 Å². The van der Waals surface area contributed by atoms with Crippen LogP contribution in [-0.4, -0.2) is 28.9 Å². The summed E-state index contributed by atoms with van der Waals surface area (Å²) in [6, 6.07) is 2.93. The summed E-state index contributed by atoms with van der Waals surface area (Å²) in [6.07, 6.45) is 1.49. The third-order valence-corrected chi connectivity index (χ3v) is 2.07. The number of H-pyrrole nitrogens is 1. The fourth-order valence-electron chi connectivity index (χ4n) is 1.27. The number of rotatable bonds is 3. The van der Waals surface area contributed by atoms with Crippen LogP contribution in [0.5, 0.6) is 0 Å². The van der Waals surface area contributed by atoms with E-state index in [2.05, 4.69) is 4.98 Å². The quantitative estimate of drug-likeness (QED) is 0.775. The highest BCUT2D eigenvalue weighted by atomic mass is 16.2. The molecule has 0 spiro atoms. The molecule has 1 heterocycles. The topological polar surface area (TPSA) is 53.2 Å². The number of hydrogen-bond donors (Lipinski definition) is 1. The third kappa shape index (κ3) is 2.22. The highest BCUT2D eigenvalue weighted by Crippen LogP contribution is 2.00. The van der Waals surface area contributed by atoms with Gasteiger partial charge in [0, 0.05) is 30.9 Å². The second-order valence-corrected chi connectivity index (χ2v) is 2.92. The van der Waals surface area contributed by atoms with Gasteiger partial charge in [-0.1, -0.05) is 0 Å². The SMILES string of the molecule is CCN(CC)C(=O)c1cc[nH]c(=O)c1. The molecular formula is C10H14N2O2. The van der Waals surface area contributed by atoms with Gasteiger partial charge in [0.05, 0.1) is 0 Å². The highest BCUT2D eigenvalue weighted by Gasteiger charge is 2.11. The van der Waals surface area contributed by atoms with Gasteiger partial charge in [-0.3, -0.25) is 9.59 Å². The first-order valence-corrected chi connectivity index (χ1v) is 4.67. The smallest absolute Gasteiger partial charge is 0.254 e. The number of aromatic amines is 1. The van der Waals surface area contributed by atoms with Gasteiger partial charge in [0.1, 0.15) is 0 Å². The average molecular weight is 194 g/mol. The van der Waals surface area contributed by atoms with Crippen LogP contribution in [0.3, 0.4) is 0 Å². The summed E-state index contributed by atoms with van der Waals surface area (Å²) in [6.45, 7) is 5.13. The summed E-state index contributed by atoms with van der Waals surface area (Å²) in [5.74, 6) is -0.0962. The molecule has 0 aliphatic heterocycles. The Morgan fingerprint density at radius 3 is 2.57 bits per heavy atom. The molecule has 0 saturated heterocycles. The van der Waals surface area contributed by atoms with Gasteiger partial charge >= 0.3 is 0 Å². The number of carbonyl (C=O) groups excluding carboxylic acids is 1. The minimum atomic E-state index is -0.247. The average Bonchev–Trinajstić information content (AvgIpc) is 2.19. The number of nitrogens with one attached hydrogen (secondary N) is 1. The fraction of sp³-hybridized carbons (Fsp3) is 0.400. The van der Waals surface area contributed by atoms with Crippen molar-refractivity contribution in [2.75, 3.05) is 13.1 Å². The number of amides is 1. The lowest BCUT2D eigenvalue weighted by atomic mass is 10.2. The van der Waals surface area contributed by atoms with Gasteiger partial charge in [0.15, 0.2) is 0 Å². The maximum Gasteiger partial charge on any atom is 0.254 e. The Bertz CT molecular complexity index is 366. The number of nitrogens with zero attached hydrogens (tertiary/aromatic N) is 1. The predicted molar refractivity (Wildman–Crippen MR) is 54.3 cm³/mol. The van der Waals surface area contributed by atoms with Crippen molar-refractivity contribution in [3.8, 4) is 0 Å². The molecule has 14 heavy (non-hydrogen) atoms. The lowest BCUT2D eigenvalue weighted by molar-refractivity contribution is 0.0772. The van der Waals surface area contributed by atoms with Crippen LogP contribution in [0.15, 0.2) is 23.1 Å². The molecule has 1 aromatic heterocycles. The van der Waals surface area contributed by atoms with Crippen LogP contribution >= 0.6 is 0 Å². The maximum atomic E-state index is 11.7. The molecular weight excluding hydrogens is 180 g/mol.